The molecule has 1 unspecified atom stereocenters. The van der Waals surface area contributed by atoms with Crippen LogP contribution in [0.25, 0.3) is 11.4 Å². The van der Waals surface area contributed by atoms with Gasteiger partial charge in [-0.1, -0.05) is 18.7 Å². The Hall–Kier alpha value is -1.38. The first-order valence-corrected chi connectivity index (χ1v) is 10.5. The van der Waals surface area contributed by atoms with Gasteiger partial charge in [-0.05, 0) is 32.3 Å². The number of aryl methyl sites for hydroxylation is 1. The molecule has 3 rings (SSSR count). The molecule has 0 saturated carbocycles. The van der Waals surface area contributed by atoms with Crippen LogP contribution in [0.1, 0.15) is 31.6 Å². The number of esters is 1. The van der Waals surface area contributed by atoms with Crippen molar-refractivity contribution in [1.82, 2.24) is 14.8 Å². The van der Waals surface area contributed by atoms with E-state index in [1.54, 1.807) is 11.3 Å². The van der Waals surface area contributed by atoms with Gasteiger partial charge in [-0.2, -0.15) is 0 Å². The third-order valence-electron chi connectivity index (χ3n) is 4.01. The van der Waals surface area contributed by atoms with Gasteiger partial charge in [0.05, 0.1) is 25.0 Å². The van der Waals surface area contributed by atoms with E-state index in [0.717, 1.165) is 42.4 Å². The van der Waals surface area contributed by atoms with Crippen molar-refractivity contribution in [2.45, 2.75) is 50.9 Å². The number of hydrogen-bond donors (Lipinski definition) is 0. The standard InChI is InChI=1S/C17H23N3O3S2/c1-3-14-8-12(10-24-14)16-18-19-17(25-11-15(21)22-4-2)20(16)9-13-6-5-7-23-13/h8,10,13H,3-7,9,11H2,1-2H3. The normalized spacial score (nSPS) is 17.1. The smallest absolute Gasteiger partial charge is 0.316 e. The fraction of sp³-hybridized carbons (Fsp3) is 0.588. The second-order valence-corrected chi connectivity index (χ2v) is 7.74. The van der Waals surface area contributed by atoms with Crippen LogP contribution in [-0.4, -0.2) is 45.8 Å². The molecule has 2 aromatic rings. The lowest BCUT2D eigenvalue weighted by molar-refractivity contribution is -0.139. The third-order valence-corrected chi connectivity index (χ3v) is 6.03. The second-order valence-electron chi connectivity index (χ2n) is 5.80. The van der Waals surface area contributed by atoms with Crippen LogP contribution >= 0.6 is 23.1 Å². The van der Waals surface area contributed by atoms with Crippen molar-refractivity contribution in [3.05, 3.63) is 16.3 Å². The Morgan fingerprint density at radius 2 is 2.36 bits per heavy atom. The maximum absolute atomic E-state index is 11.7. The lowest BCUT2D eigenvalue weighted by Crippen LogP contribution is -2.17. The number of carbonyl (C=O) groups excluding carboxylic acids is 1. The SMILES string of the molecule is CCOC(=O)CSc1nnc(-c2csc(CC)c2)n1CC1CCCO1. The first-order valence-electron chi connectivity index (χ1n) is 8.62. The summed E-state index contributed by atoms with van der Waals surface area (Å²) in [5.74, 6) is 0.851. The Balaban J connectivity index is 1.82. The minimum absolute atomic E-state index is 0.181. The number of rotatable bonds is 8. The first-order chi connectivity index (χ1) is 12.2. The number of nitrogens with zero attached hydrogens (tertiary/aromatic N) is 3. The van der Waals surface area contributed by atoms with Gasteiger partial charge in [-0.15, -0.1) is 21.5 Å². The molecule has 1 aliphatic rings. The van der Waals surface area contributed by atoms with Crippen molar-refractivity contribution in [2.24, 2.45) is 0 Å². The highest BCUT2D eigenvalue weighted by molar-refractivity contribution is 7.99. The van der Waals surface area contributed by atoms with Crippen LogP contribution in [0.4, 0.5) is 0 Å². The van der Waals surface area contributed by atoms with E-state index in [1.165, 1.54) is 16.6 Å². The van der Waals surface area contributed by atoms with Gasteiger partial charge in [0.25, 0.3) is 0 Å². The highest BCUT2D eigenvalue weighted by atomic mass is 32.2. The summed E-state index contributed by atoms with van der Waals surface area (Å²) in [5.41, 5.74) is 1.08. The summed E-state index contributed by atoms with van der Waals surface area (Å²) < 4.78 is 12.9. The van der Waals surface area contributed by atoms with Crippen LogP contribution in [0.2, 0.25) is 0 Å². The van der Waals surface area contributed by atoms with Crippen LogP contribution in [0, 0.1) is 0 Å². The van der Waals surface area contributed by atoms with Crippen molar-refractivity contribution in [1.29, 1.82) is 0 Å². The lowest BCUT2D eigenvalue weighted by atomic mass is 10.2. The number of thiophene rings is 1. The van der Waals surface area contributed by atoms with Gasteiger partial charge in [-0.25, -0.2) is 0 Å². The van der Waals surface area contributed by atoms with E-state index in [9.17, 15) is 4.79 Å². The Kier molecular flexibility index (Phi) is 6.50. The molecule has 0 aliphatic carbocycles. The van der Waals surface area contributed by atoms with Crippen LogP contribution in [-0.2, 0) is 27.2 Å². The highest BCUT2D eigenvalue weighted by Crippen LogP contribution is 2.29. The van der Waals surface area contributed by atoms with E-state index in [4.69, 9.17) is 9.47 Å². The molecule has 0 spiro atoms. The summed E-state index contributed by atoms with van der Waals surface area (Å²) >= 11 is 3.11. The van der Waals surface area contributed by atoms with Crippen LogP contribution in [0.3, 0.4) is 0 Å². The Bertz CT molecular complexity index is 708. The van der Waals surface area contributed by atoms with E-state index in [-0.39, 0.29) is 17.8 Å². The molecular weight excluding hydrogens is 358 g/mol. The van der Waals surface area contributed by atoms with Crippen LogP contribution < -0.4 is 0 Å². The number of thioether (sulfide) groups is 1. The van der Waals surface area contributed by atoms with Crippen LogP contribution in [0.5, 0.6) is 0 Å². The maximum atomic E-state index is 11.7. The predicted molar refractivity (Wildman–Crippen MR) is 99.0 cm³/mol. The molecular formula is C17H23N3O3S2. The Morgan fingerprint density at radius 3 is 3.04 bits per heavy atom. The zero-order chi connectivity index (χ0) is 17.6. The summed E-state index contributed by atoms with van der Waals surface area (Å²) in [7, 11) is 0. The fourth-order valence-corrected chi connectivity index (χ4v) is 4.33. The van der Waals surface area contributed by atoms with E-state index < -0.39 is 0 Å². The topological polar surface area (TPSA) is 66.2 Å². The maximum Gasteiger partial charge on any atom is 0.316 e. The molecule has 1 atom stereocenters. The molecule has 2 aromatic heterocycles. The number of ether oxygens (including phenoxy) is 2. The molecule has 3 heterocycles. The summed E-state index contributed by atoms with van der Waals surface area (Å²) in [5, 5.41) is 11.6. The van der Waals surface area contributed by atoms with E-state index in [0.29, 0.717) is 13.2 Å². The third kappa shape index (κ3) is 4.62. The summed E-state index contributed by atoms with van der Waals surface area (Å²) in [4.78, 5) is 13.0. The minimum atomic E-state index is -0.232. The Labute approximate surface area is 155 Å². The van der Waals surface area contributed by atoms with Gasteiger partial charge in [0, 0.05) is 22.4 Å². The Morgan fingerprint density at radius 1 is 1.48 bits per heavy atom. The van der Waals surface area contributed by atoms with E-state index >= 15 is 0 Å². The molecule has 8 heteroatoms. The summed E-state index contributed by atoms with van der Waals surface area (Å²) in [6.07, 6.45) is 3.32. The zero-order valence-corrected chi connectivity index (χ0v) is 16.2. The predicted octanol–water partition coefficient (Wildman–Crippen LogP) is 3.40. The number of hydrogen-bond acceptors (Lipinski definition) is 7. The lowest BCUT2D eigenvalue weighted by Gasteiger charge is -2.14. The van der Waals surface area contributed by atoms with Crippen molar-refractivity contribution in [3.63, 3.8) is 0 Å². The average molecular weight is 382 g/mol. The van der Waals surface area contributed by atoms with Gasteiger partial charge in [0.2, 0.25) is 0 Å². The molecule has 25 heavy (non-hydrogen) atoms. The molecule has 0 radical (unpaired) electrons. The van der Waals surface area contributed by atoms with Crippen LogP contribution in [0.15, 0.2) is 16.6 Å². The van der Waals surface area contributed by atoms with Crippen molar-refractivity contribution in [2.75, 3.05) is 19.0 Å². The van der Waals surface area contributed by atoms with E-state index in [2.05, 4.69) is 33.1 Å². The fourth-order valence-electron chi connectivity index (χ4n) is 2.78. The number of carbonyl (C=O) groups is 1. The van der Waals surface area contributed by atoms with Crippen molar-refractivity contribution in [3.8, 4) is 11.4 Å². The van der Waals surface area contributed by atoms with Crippen molar-refractivity contribution < 1.29 is 14.3 Å². The van der Waals surface area contributed by atoms with Gasteiger partial charge in [-0.3, -0.25) is 9.36 Å². The first kappa shape index (κ1) is 18.4. The second kappa shape index (κ2) is 8.82. The summed E-state index contributed by atoms with van der Waals surface area (Å²) in [6.45, 7) is 5.87. The quantitative estimate of drug-likeness (QED) is 0.516. The van der Waals surface area contributed by atoms with Gasteiger partial charge in [0.15, 0.2) is 11.0 Å². The molecule has 1 fully saturated rings. The molecule has 1 aliphatic heterocycles. The average Bonchev–Trinajstić information content (AvgIpc) is 3.34. The van der Waals surface area contributed by atoms with Gasteiger partial charge in [0.1, 0.15) is 0 Å². The molecule has 0 aromatic carbocycles. The summed E-state index contributed by atoms with van der Waals surface area (Å²) in [6, 6.07) is 2.17. The largest absolute Gasteiger partial charge is 0.465 e. The van der Waals surface area contributed by atoms with Gasteiger partial charge >= 0.3 is 5.97 Å². The van der Waals surface area contributed by atoms with Gasteiger partial charge < -0.3 is 9.47 Å². The highest BCUT2D eigenvalue weighted by Gasteiger charge is 2.22. The molecule has 1 saturated heterocycles. The zero-order valence-electron chi connectivity index (χ0n) is 14.6. The monoisotopic (exact) mass is 381 g/mol. The molecule has 136 valence electrons. The molecule has 0 bridgehead atoms. The molecule has 6 nitrogen and oxygen atoms in total. The van der Waals surface area contributed by atoms with Crippen molar-refractivity contribution >= 4 is 29.1 Å². The minimum Gasteiger partial charge on any atom is -0.465 e. The molecule has 0 amide bonds. The molecule has 0 N–H and O–H groups in total. The van der Waals surface area contributed by atoms with E-state index in [1.807, 2.05) is 6.92 Å². The number of aromatic nitrogens is 3.